The monoisotopic (exact) mass is 478 g/mol. The van der Waals surface area contributed by atoms with Crippen molar-refractivity contribution < 1.29 is 27.5 Å². The Kier molecular flexibility index (Phi) is 6.47. The molecule has 1 aromatic carbocycles. The number of morpholine rings is 1. The predicted octanol–water partition coefficient (Wildman–Crippen LogP) is 1.46. The van der Waals surface area contributed by atoms with E-state index in [-0.39, 0.29) is 35.5 Å². The van der Waals surface area contributed by atoms with Gasteiger partial charge >= 0.3 is 6.03 Å². The molecular formula is C22H30N4O6S. The number of amides is 4. The van der Waals surface area contributed by atoms with Gasteiger partial charge < -0.3 is 15.4 Å². The third-order valence-electron chi connectivity index (χ3n) is 6.86. The largest absolute Gasteiger partial charge is 0.379 e. The summed E-state index contributed by atoms with van der Waals surface area (Å²) in [5.41, 5.74) is -0.0918. The number of imide groups is 1. The number of nitrogens with zero attached hydrogens (tertiary/aromatic N) is 2. The van der Waals surface area contributed by atoms with Crippen molar-refractivity contribution in [2.75, 3.05) is 38.2 Å². The second kappa shape index (κ2) is 9.03. The molecule has 0 radical (unpaired) electrons. The lowest BCUT2D eigenvalue weighted by atomic mass is 9.73. The first-order chi connectivity index (χ1) is 15.6. The Bertz CT molecular complexity index is 1070. The van der Waals surface area contributed by atoms with Gasteiger partial charge in [-0.1, -0.05) is 25.8 Å². The summed E-state index contributed by atoms with van der Waals surface area (Å²) >= 11 is 0. The fourth-order valence-corrected chi connectivity index (χ4v) is 6.52. The number of anilines is 1. The van der Waals surface area contributed by atoms with Crippen molar-refractivity contribution in [3.8, 4) is 0 Å². The summed E-state index contributed by atoms with van der Waals surface area (Å²) in [6, 6.07) is 4.06. The van der Waals surface area contributed by atoms with Crippen LogP contribution in [-0.2, 0) is 24.3 Å². The van der Waals surface area contributed by atoms with Crippen LogP contribution in [0, 0.1) is 12.8 Å². The summed E-state index contributed by atoms with van der Waals surface area (Å²) in [6.45, 7) is 4.41. The summed E-state index contributed by atoms with van der Waals surface area (Å²) in [5, 5.41) is 5.46. The standard InChI is InChI=1S/C22H30N4O6S/c1-15-6-7-17(13-18(15)33(30,31)25-9-11-32-12-10-25)23-19(27)14-26-20(28)22(24-21(26)29)8-4-3-5-16(22)2/h6-7,13,16H,3-5,8-12,14H2,1-2H3,(H,23,27)(H,24,29)/t16-,22-/m1/s1. The average Bonchev–Trinajstić information content (AvgIpc) is 3.02. The van der Waals surface area contributed by atoms with Gasteiger partial charge in [0.1, 0.15) is 12.1 Å². The number of carbonyl (C=O) groups is 3. The molecule has 1 aliphatic carbocycles. The maximum Gasteiger partial charge on any atom is 0.325 e. The summed E-state index contributed by atoms with van der Waals surface area (Å²) in [5.74, 6) is -0.937. The van der Waals surface area contributed by atoms with E-state index in [1.807, 2.05) is 6.92 Å². The summed E-state index contributed by atoms with van der Waals surface area (Å²) in [4.78, 5) is 39.3. The first-order valence-electron chi connectivity index (χ1n) is 11.3. The Morgan fingerprint density at radius 1 is 1.24 bits per heavy atom. The number of sulfonamides is 1. The van der Waals surface area contributed by atoms with Crippen LogP contribution >= 0.6 is 0 Å². The second-order valence-electron chi connectivity index (χ2n) is 8.98. The molecule has 3 fully saturated rings. The lowest BCUT2D eigenvalue weighted by Gasteiger charge is -2.36. The van der Waals surface area contributed by atoms with Gasteiger partial charge in [0, 0.05) is 18.8 Å². The van der Waals surface area contributed by atoms with Gasteiger partial charge in [0.15, 0.2) is 0 Å². The Labute approximate surface area is 193 Å². The number of ether oxygens (including phenoxy) is 1. The molecular weight excluding hydrogens is 448 g/mol. The number of hydrogen-bond acceptors (Lipinski definition) is 6. The van der Waals surface area contributed by atoms with Crippen LogP contribution in [0.25, 0.3) is 0 Å². The highest BCUT2D eigenvalue weighted by Crippen LogP contribution is 2.38. The van der Waals surface area contributed by atoms with Gasteiger partial charge in [-0.3, -0.25) is 14.5 Å². The van der Waals surface area contributed by atoms with E-state index in [0.29, 0.717) is 25.2 Å². The van der Waals surface area contributed by atoms with Crippen LogP contribution in [-0.4, -0.2) is 73.9 Å². The van der Waals surface area contributed by atoms with E-state index in [2.05, 4.69) is 10.6 Å². The lowest BCUT2D eigenvalue weighted by Crippen LogP contribution is -2.54. The fourth-order valence-electron chi connectivity index (χ4n) is 4.86. The summed E-state index contributed by atoms with van der Waals surface area (Å²) in [6.07, 6.45) is 3.27. The quantitative estimate of drug-likeness (QED) is 0.617. The van der Waals surface area contributed by atoms with Crippen LogP contribution < -0.4 is 10.6 Å². The van der Waals surface area contributed by atoms with Crippen molar-refractivity contribution in [3.05, 3.63) is 23.8 Å². The van der Waals surface area contributed by atoms with E-state index in [1.165, 1.54) is 10.4 Å². The smallest absolute Gasteiger partial charge is 0.325 e. The number of rotatable bonds is 5. The molecule has 2 N–H and O–H groups in total. The van der Waals surface area contributed by atoms with Crippen LogP contribution in [0.5, 0.6) is 0 Å². The Balaban J connectivity index is 1.47. The number of urea groups is 1. The molecule has 1 aromatic rings. The van der Waals surface area contributed by atoms with Gasteiger partial charge in [0.05, 0.1) is 18.1 Å². The van der Waals surface area contributed by atoms with E-state index < -0.39 is 34.0 Å². The maximum absolute atomic E-state index is 13.1. The van der Waals surface area contributed by atoms with Gasteiger partial charge in [-0.05, 0) is 43.4 Å². The summed E-state index contributed by atoms with van der Waals surface area (Å²) < 4.78 is 32.7. The van der Waals surface area contributed by atoms with Crippen LogP contribution in [0.2, 0.25) is 0 Å². The zero-order chi connectivity index (χ0) is 23.8. The fraction of sp³-hybridized carbons (Fsp3) is 0.591. The molecule has 0 unspecified atom stereocenters. The van der Waals surface area contributed by atoms with E-state index in [9.17, 15) is 22.8 Å². The van der Waals surface area contributed by atoms with Crippen molar-refractivity contribution >= 4 is 33.6 Å². The highest BCUT2D eigenvalue weighted by atomic mass is 32.2. The van der Waals surface area contributed by atoms with Crippen LogP contribution in [0.1, 0.15) is 38.2 Å². The van der Waals surface area contributed by atoms with Crippen LogP contribution in [0.3, 0.4) is 0 Å². The number of aryl methyl sites for hydroxylation is 1. The van der Waals surface area contributed by atoms with Gasteiger partial charge in [0.2, 0.25) is 15.9 Å². The third kappa shape index (κ3) is 4.36. The van der Waals surface area contributed by atoms with E-state index in [1.54, 1.807) is 19.1 Å². The van der Waals surface area contributed by atoms with Crippen LogP contribution in [0.15, 0.2) is 23.1 Å². The van der Waals surface area contributed by atoms with Gasteiger partial charge in [-0.15, -0.1) is 0 Å². The Morgan fingerprint density at radius 3 is 2.67 bits per heavy atom. The van der Waals surface area contributed by atoms with Gasteiger partial charge in [0.25, 0.3) is 5.91 Å². The van der Waals surface area contributed by atoms with Crippen molar-refractivity contribution in [2.24, 2.45) is 5.92 Å². The minimum absolute atomic E-state index is 0.000752. The predicted molar refractivity (Wildman–Crippen MR) is 120 cm³/mol. The molecule has 10 nitrogen and oxygen atoms in total. The van der Waals surface area contributed by atoms with Gasteiger partial charge in [-0.25, -0.2) is 13.2 Å². The number of nitrogens with one attached hydrogen (secondary N) is 2. The molecule has 2 saturated heterocycles. The molecule has 0 bridgehead atoms. The summed E-state index contributed by atoms with van der Waals surface area (Å²) in [7, 11) is -3.74. The van der Waals surface area contributed by atoms with Crippen molar-refractivity contribution in [2.45, 2.75) is 50.0 Å². The molecule has 0 aromatic heterocycles. The first-order valence-corrected chi connectivity index (χ1v) is 12.7. The average molecular weight is 479 g/mol. The van der Waals surface area contributed by atoms with E-state index in [0.717, 1.165) is 24.2 Å². The zero-order valence-electron chi connectivity index (χ0n) is 18.9. The molecule has 2 heterocycles. The number of hydrogen-bond donors (Lipinski definition) is 2. The van der Waals surface area contributed by atoms with Crippen molar-refractivity contribution in [1.29, 1.82) is 0 Å². The number of benzene rings is 1. The molecule has 1 spiro atoms. The normalized spacial score (nSPS) is 26.5. The highest BCUT2D eigenvalue weighted by Gasteiger charge is 2.55. The minimum atomic E-state index is -3.74. The topological polar surface area (TPSA) is 125 Å². The Morgan fingerprint density at radius 2 is 1.97 bits per heavy atom. The maximum atomic E-state index is 13.1. The Hall–Kier alpha value is -2.50. The van der Waals surface area contributed by atoms with E-state index in [4.69, 9.17) is 4.74 Å². The molecule has 11 heteroatoms. The molecule has 180 valence electrons. The molecule has 1 saturated carbocycles. The molecule has 33 heavy (non-hydrogen) atoms. The third-order valence-corrected chi connectivity index (χ3v) is 8.90. The molecule has 2 aliphatic heterocycles. The molecule has 4 rings (SSSR count). The molecule has 2 atom stereocenters. The van der Waals surface area contributed by atoms with Crippen LogP contribution in [0.4, 0.5) is 10.5 Å². The zero-order valence-corrected chi connectivity index (χ0v) is 19.7. The molecule has 4 amide bonds. The van der Waals surface area contributed by atoms with E-state index >= 15 is 0 Å². The van der Waals surface area contributed by atoms with Crippen molar-refractivity contribution in [1.82, 2.24) is 14.5 Å². The second-order valence-corrected chi connectivity index (χ2v) is 10.9. The van der Waals surface area contributed by atoms with Gasteiger partial charge in [-0.2, -0.15) is 4.31 Å². The first kappa shape index (κ1) is 23.7. The van der Waals surface area contributed by atoms with Crippen molar-refractivity contribution in [3.63, 3.8) is 0 Å². The molecule has 3 aliphatic rings. The number of carbonyl (C=O) groups excluding carboxylic acids is 3. The highest BCUT2D eigenvalue weighted by molar-refractivity contribution is 7.89. The SMILES string of the molecule is Cc1ccc(NC(=O)CN2C(=O)N[C@@]3(CCCC[C@H]3C)C2=O)cc1S(=O)(=O)N1CCOCC1. The minimum Gasteiger partial charge on any atom is -0.379 e. The lowest BCUT2D eigenvalue weighted by molar-refractivity contribution is -0.136.